The molecular formula is C19H15FO5. The summed E-state index contributed by atoms with van der Waals surface area (Å²) in [6, 6.07) is 10.4. The number of halogens is 1. The Labute approximate surface area is 143 Å². The highest BCUT2D eigenvalue weighted by Gasteiger charge is 2.27. The van der Waals surface area contributed by atoms with Crippen LogP contribution >= 0.6 is 0 Å². The van der Waals surface area contributed by atoms with Crippen molar-refractivity contribution in [2.45, 2.75) is 6.92 Å². The lowest BCUT2D eigenvalue weighted by Gasteiger charge is -2.06. The van der Waals surface area contributed by atoms with Crippen molar-refractivity contribution in [2.24, 2.45) is 0 Å². The first-order valence-corrected chi connectivity index (χ1v) is 7.69. The molecule has 0 saturated heterocycles. The molecule has 6 heteroatoms. The van der Waals surface area contributed by atoms with E-state index in [1.54, 1.807) is 37.3 Å². The van der Waals surface area contributed by atoms with Gasteiger partial charge >= 0.3 is 5.97 Å². The molecule has 1 heterocycles. The van der Waals surface area contributed by atoms with Crippen molar-refractivity contribution in [2.75, 3.05) is 13.2 Å². The van der Waals surface area contributed by atoms with Gasteiger partial charge in [-0.1, -0.05) is 12.1 Å². The standard InChI is InChI=1S/C19H15FO5/c1-2-23-18(21)11-24-14-7-8-15-16(10-14)25-17(19(15)22)9-12-3-5-13(20)6-4-12/h3-10H,2,11H2,1H3/b17-9-. The maximum atomic E-state index is 12.9. The molecule has 1 aliphatic rings. The lowest BCUT2D eigenvalue weighted by molar-refractivity contribution is -0.145. The molecule has 2 aromatic rings. The van der Waals surface area contributed by atoms with Gasteiger partial charge in [-0.2, -0.15) is 0 Å². The number of carbonyl (C=O) groups excluding carboxylic acids is 2. The summed E-state index contributed by atoms with van der Waals surface area (Å²) < 4.78 is 28.6. The fourth-order valence-corrected chi connectivity index (χ4v) is 2.31. The van der Waals surface area contributed by atoms with Crippen molar-refractivity contribution in [3.8, 4) is 11.5 Å². The Balaban J connectivity index is 1.74. The Morgan fingerprint density at radius 2 is 1.96 bits per heavy atom. The number of hydrogen-bond donors (Lipinski definition) is 0. The number of fused-ring (bicyclic) bond motifs is 1. The van der Waals surface area contributed by atoms with E-state index < -0.39 is 5.97 Å². The van der Waals surface area contributed by atoms with E-state index in [0.29, 0.717) is 22.6 Å². The molecule has 0 amide bonds. The minimum absolute atomic E-state index is 0.143. The van der Waals surface area contributed by atoms with Gasteiger partial charge in [0.15, 0.2) is 12.4 Å². The second-order valence-electron chi connectivity index (χ2n) is 5.24. The van der Waals surface area contributed by atoms with Gasteiger partial charge in [-0.3, -0.25) is 4.79 Å². The normalized spacial score (nSPS) is 14.2. The first kappa shape index (κ1) is 16.7. The van der Waals surface area contributed by atoms with Crippen molar-refractivity contribution in [3.63, 3.8) is 0 Å². The molecular weight excluding hydrogens is 327 g/mol. The topological polar surface area (TPSA) is 61.8 Å². The van der Waals surface area contributed by atoms with Crippen LogP contribution in [0.5, 0.6) is 11.5 Å². The zero-order valence-corrected chi connectivity index (χ0v) is 13.5. The van der Waals surface area contributed by atoms with E-state index in [2.05, 4.69) is 0 Å². The number of carbonyl (C=O) groups is 2. The highest BCUT2D eigenvalue weighted by atomic mass is 19.1. The highest BCUT2D eigenvalue weighted by Crippen LogP contribution is 2.34. The van der Waals surface area contributed by atoms with Crippen LogP contribution in [0, 0.1) is 5.82 Å². The van der Waals surface area contributed by atoms with E-state index in [1.165, 1.54) is 18.2 Å². The number of ether oxygens (including phenoxy) is 3. The van der Waals surface area contributed by atoms with Gasteiger partial charge in [0.1, 0.15) is 17.3 Å². The van der Waals surface area contributed by atoms with Crippen LogP contribution in [0.25, 0.3) is 6.08 Å². The van der Waals surface area contributed by atoms with Crippen molar-refractivity contribution in [1.29, 1.82) is 0 Å². The third kappa shape index (κ3) is 3.85. The van der Waals surface area contributed by atoms with Crippen molar-refractivity contribution >= 4 is 17.8 Å². The minimum Gasteiger partial charge on any atom is -0.482 e. The molecule has 0 fully saturated rings. The van der Waals surface area contributed by atoms with Crippen LogP contribution in [0.15, 0.2) is 48.2 Å². The molecule has 3 rings (SSSR count). The van der Waals surface area contributed by atoms with Crippen LogP contribution in [0.3, 0.4) is 0 Å². The second kappa shape index (κ2) is 7.17. The molecule has 0 radical (unpaired) electrons. The molecule has 0 spiro atoms. The zero-order chi connectivity index (χ0) is 17.8. The number of hydrogen-bond acceptors (Lipinski definition) is 5. The monoisotopic (exact) mass is 342 g/mol. The maximum absolute atomic E-state index is 12.9. The SMILES string of the molecule is CCOC(=O)COc1ccc2c(c1)O/C(=C\c1ccc(F)cc1)C2=O. The Hall–Kier alpha value is -3.15. The molecule has 5 nitrogen and oxygen atoms in total. The highest BCUT2D eigenvalue weighted by molar-refractivity contribution is 6.14. The predicted octanol–water partition coefficient (Wildman–Crippen LogP) is 3.38. The fraction of sp³-hybridized carbons (Fsp3) is 0.158. The van der Waals surface area contributed by atoms with Gasteiger partial charge in [0.05, 0.1) is 12.2 Å². The van der Waals surface area contributed by atoms with Gasteiger partial charge in [0, 0.05) is 6.07 Å². The summed E-state index contributed by atoms with van der Waals surface area (Å²) in [5.74, 6) is -0.216. The third-order valence-corrected chi connectivity index (χ3v) is 3.47. The Kier molecular flexibility index (Phi) is 4.79. The summed E-state index contributed by atoms with van der Waals surface area (Å²) in [4.78, 5) is 23.7. The van der Waals surface area contributed by atoms with Gasteiger partial charge in [0.2, 0.25) is 5.78 Å². The van der Waals surface area contributed by atoms with E-state index in [4.69, 9.17) is 14.2 Å². The van der Waals surface area contributed by atoms with E-state index >= 15 is 0 Å². The lowest BCUT2D eigenvalue weighted by atomic mass is 10.1. The molecule has 0 aliphatic carbocycles. The Morgan fingerprint density at radius 1 is 1.20 bits per heavy atom. The van der Waals surface area contributed by atoms with Crippen LogP contribution in [0.2, 0.25) is 0 Å². The summed E-state index contributed by atoms with van der Waals surface area (Å²) in [5.41, 5.74) is 1.05. The summed E-state index contributed by atoms with van der Waals surface area (Å²) in [6.45, 7) is 1.77. The Morgan fingerprint density at radius 3 is 2.68 bits per heavy atom. The first-order chi connectivity index (χ1) is 12.1. The number of benzene rings is 2. The third-order valence-electron chi connectivity index (χ3n) is 3.47. The van der Waals surface area contributed by atoms with Crippen LogP contribution in [0.1, 0.15) is 22.8 Å². The van der Waals surface area contributed by atoms with Gasteiger partial charge in [-0.05, 0) is 42.8 Å². The van der Waals surface area contributed by atoms with Gasteiger partial charge in [-0.15, -0.1) is 0 Å². The van der Waals surface area contributed by atoms with Gasteiger partial charge < -0.3 is 14.2 Å². The number of allylic oxidation sites excluding steroid dienone is 1. The van der Waals surface area contributed by atoms with Crippen LogP contribution in [-0.2, 0) is 9.53 Å². The summed E-state index contributed by atoms with van der Waals surface area (Å²) in [5, 5.41) is 0. The summed E-state index contributed by atoms with van der Waals surface area (Å²) in [6.07, 6.45) is 1.54. The molecule has 2 aromatic carbocycles. The van der Waals surface area contributed by atoms with E-state index in [1.807, 2.05) is 0 Å². The number of esters is 1. The number of rotatable bonds is 5. The summed E-state index contributed by atoms with van der Waals surface area (Å²) >= 11 is 0. The molecule has 0 saturated carbocycles. The van der Waals surface area contributed by atoms with Crippen molar-refractivity contribution < 1.29 is 28.2 Å². The van der Waals surface area contributed by atoms with E-state index in [9.17, 15) is 14.0 Å². The second-order valence-corrected chi connectivity index (χ2v) is 5.24. The largest absolute Gasteiger partial charge is 0.482 e. The predicted molar refractivity (Wildman–Crippen MR) is 87.9 cm³/mol. The van der Waals surface area contributed by atoms with E-state index in [-0.39, 0.29) is 30.6 Å². The van der Waals surface area contributed by atoms with E-state index in [0.717, 1.165) is 0 Å². The molecule has 0 aromatic heterocycles. The van der Waals surface area contributed by atoms with Gasteiger partial charge in [0.25, 0.3) is 0 Å². The zero-order valence-electron chi connectivity index (χ0n) is 13.5. The average molecular weight is 342 g/mol. The molecule has 0 unspecified atom stereocenters. The molecule has 128 valence electrons. The van der Waals surface area contributed by atoms with Crippen LogP contribution in [0.4, 0.5) is 4.39 Å². The molecule has 0 bridgehead atoms. The number of Topliss-reactive ketones (excluding diaryl/α,β-unsaturated/α-hetero) is 1. The molecule has 0 atom stereocenters. The molecule has 0 N–H and O–H groups in total. The van der Waals surface area contributed by atoms with Crippen molar-refractivity contribution in [1.82, 2.24) is 0 Å². The minimum atomic E-state index is -0.475. The quantitative estimate of drug-likeness (QED) is 0.616. The lowest BCUT2D eigenvalue weighted by Crippen LogP contribution is -2.14. The van der Waals surface area contributed by atoms with Crippen LogP contribution in [-0.4, -0.2) is 25.0 Å². The smallest absolute Gasteiger partial charge is 0.344 e. The van der Waals surface area contributed by atoms with Crippen molar-refractivity contribution in [3.05, 3.63) is 65.2 Å². The molecule has 1 aliphatic heterocycles. The average Bonchev–Trinajstić information content (AvgIpc) is 2.91. The van der Waals surface area contributed by atoms with Crippen LogP contribution < -0.4 is 9.47 Å². The van der Waals surface area contributed by atoms with Gasteiger partial charge in [-0.25, -0.2) is 9.18 Å². The first-order valence-electron chi connectivity index (χ1n) is 7.69. The number of ketones is 1. The molecule has 25 heavy (non-hydrogen) atoms. The Bertz CT molecular complexity index is 839. The fourth-order valence-electron chi connectivity index (χ4n) is 2.31. The summed E-state index contributed by atoms with van der Waals surface area (Å²) in [7, 11) is 0. The maximum Gasteiger partial charge on any atom is 0.344 e.